The maximum absolute atomic E-state index is 12.6. The predicted molar refractivity (Wildman–Crippen MR) is 91.7 cm³/mol. The number of amides is 1. The average molecular weight is 317 g/mol. The van der Waals surface area contributed by atoms with Crippen LogP contribution in [-0.4, -0.2) is 19.6 Å². The fourth-order valence-corrected chi connectivity index (χ4v) is 3.09. The lowest BCUT2D eigenvalue weighted by Gasteiger charge is -2.17. The molecule has 0 saturated heterocycles. The van der Waals surface area contributed by atoms with Crippen molar-refractivity contribution in [3.05, 3.63) is 52.2 Å². The molecule has 1 atom stereocenters. The third-order valence-corrected chi connectivity index (χ3v) is 4.55. The lowest BCUT2D eigenvalue weighted by molar-refractivity contribution is -0.122. The first-order chi connectivity index (χ1) is 10.7. The Hall–Kier alpha value is -1.81. The summed E-state index contributed by atoms with van der Waals surface area (Å²) in [6.07, 6.45) is 2.83. The van der Waals surface area contributed by atoms with E-state index >= 15 is 0 Å². The molecular formula is C18H23NO2S. The van der Waals surface area contributed by atoms with Gasteiger partial charge in [0.05, 0.1) is 13.0 Å². The highest BCUT2D eigenvalue weighted by Crippen LogP contribution is 2.25. The van der Waals surface area contributed by atoms with Gasteiger partial charge in [0.25, 0.3) is 0 Å². The molecule has 0 aliphatic rings. The molecule has 1 amide bonds. The van der Waals surface area contributed by atoms with Crippen LogP contribution in [0.1, 0.15) is 36.1 Å². The third kappa shape index (κ3) is 4.60. The Morgan fingerprint density at radius 2 is 2.05 bits per heavy atom. The van der Waals surface area contributed by atoms with E-state index in [-0.39, 0.29) is 11.8 Å². The minimum atomic E-state index is -0.151. The quantitative estimate of drug-likeness (QED) is 0.747. The van der Waals surface area contributed by atoms with Crippen molar-refractivity contribution in [3.8, 4) is 5.75 Å². The van der Waals surface area contributed by atoms with E-state index in [1.54, 1.807) is 18.4 Å². The summed E-state index contributed by atoms with van der Waals surface area (Å²) in [5, 5.41) is 5.11. The normalized spacial score (nSPS) is 11.9. The standard InChI is InChI=1S/C18H23NO2S/c1-3-4-11-19-18(20)17(13-16-6-5-12-22-16)14-7-9-15(21-2)10-8-14/h5-10,12,17H,3-4,11,13H2,1-2H3,(H,19,20). The minimum absolute atomic E-state index is 0.104. The van der Waals surface area contributed by atoms with Crippen LogP contribution in [-0.2, 0) is 11.2 Å². The van der Waals surface area contributed by atoms with Gasteiger partial charge in [0.15, 0.2) is 0 Å². The summed E-state index contributed by atoms with van der Waals surface area (Å²) in [5.74, 6) is 0.762. The Bertz CT molecular complexity index is 563. The Labute approximate surface area is 136 Å². The van der Waals surface area contributed by atoms with Gasteiger partial charge < -0.3 is 10.1 Å². The predicted octanol–water partition coefficient (Wildman–Crippen LogP) is 4.00. The topological polar surface area (TPSA) is 38.3 Å². The van der Waals surface area contributed by atoms with Gasteiger partial charge in [-0.3, -0.25) is 4.79 Å². The van der Waals surface area contributed by atoms with Gasteiger partial charge in [-0.05, 0) is 42.0 Å². The van der Waals surface area contributed by atoms with E-state index < -0.39 is 0 Å². The molecule has 0 aliphatic heterocycles. The van der Waals surface area contributed by atoms with Crippen LogP contribution in [0.5, 0.6) is 5.75 Å². The summed E-state index contributed by atoms with van der Waals surface area (Å²) in [5.41, 5.74) is 1.03. The zero-order valence-corrected chi connectivity index (χ0v) is 14.0. The number of ether oxygens (including phenoxy) is 1. The van der Waals surface area contributed by atoms with Crippen molar-refractivity contribution in [1.82, 2.24) is 5.32 Å². The van der Waals surface area contributed by atoms with Crippen LogP contribution >= 0.6 is 11.3 Å². The van der Waals surface area contributed by atoms with Crippen LogP contribution in [0.25, 0.3) is 0 Å². The maximum atomic E-state index is 12.6. The number of thiophene rings is 1. The molecule has 3 nitrogen and oxygen atoms in total. The third-order valence-electron chi connectivity index (χ3n) is 3.65. The highest BCUT2D eigenvalue weighted by atomic mass is 32.1. The fraction of sp³-hybridized carbons (Fsp3) is 0.389. The number of carbonyl (C=O) groups excluding carboxylic acids is 1. The molecule has 22 heavy (non-hydrogen) atoms. The number of hydrogen-bond acceptors (Lipinski definition) is 3. The molecule has 0 spiro atoms. The lowest BCUT2D eigenvalue weighted by atomic mass is 9.94. The highest BCUT2D eigenvalue weighted by Gasteiger charge is 2.21. The first-order valence-electron chi connectivity index (χ1n) is 7.68. The Balaban J connectivity index is 2.14. The molecule has 0 radical (unpaired) electrons. The van der Waals surface area contributed by atoms with Crippen molar-refractivity contribution in [2.45, 2.75) is 32.1 Å². The molecule has 4 heteroatoms. The zero-order valence-electron chi connectivity index (χ0n) is 13.2. The summed E-state index contributed by atoms with van der Waals surface area (Å²) in [7, 11) is 1.65. The highest BCUT2D eigenvalue weighted by molar-refractivity contribution is 7.09. The monoisotopic (exact) mass is 317 g/mol. The molecule has 0 fully saturated rings. The molecule has 118 valence electrons. The maximum Gasteiger partial charge on any atom is 0.227 e. The van der Waals surface area contributed by atoms with Gasteiger partial charge in [0.2, 0.25) is 5.91 Å². The molecule has 1 aromatic heterocycles. The van der Waals surface area contributed by atoms with Crippen LogP contribution in [0.15, 0.2) is 41.8 Å². The van der Waals surface area contributed by atoms with Crippen LogP contribution < -0.4 is 10.1 Å². The van der Waals surface area contributed by atoms with Crippen molar-refractivity contribution in [3.63, 3.8) is 0 Å². The van der Waals surface area contributed by atoms with Gasteiger partial charge in [0, 0.05) is 11.4 Å². The van der Waals surface area contributed by atoms with E-state index in [9.17, 15) is 4.79 Å². The van der Waals surface area contributed by atoms with Gasteiger partial charge >= 0.3 is 0 Å². The van der Waals surface area contributed by atoms with Gasteiger partial charge in [-0.1, -0.05) is 31.5 Å². The molecule has 0 aliphatic carbocycles. The van der Waals surface area contributed by atoms with Crippen LogP contribution in [0.3, 0.4) is 0 Å². The van der Waals surface area contributed by atoms with Crippen molar-refractivity contribution in [2.24, 2.45) is 0 Å². The lowest BCUT2D eigenvalue weighted by Crippen LogP contribution is -2.31. The van der Waals surface area contributed by atoms with Crippen molar-refractivity contribution in [2.75, 3.05) is 13.7 Å². The van der Waals surface area contributed by atoms with Gasteiger partial charge in [0.1, 0.15) is 5.75 Å². The van der Waals surface area contributed by atoms with E-state index in [0.717, 1.165) is 37.1 Å². The van der Waals surface area contributed by atoms with Crippen LogP contribution in [0.2, 0.25) is 0 Å². The molecule has 2 aromatic rings. The number of methoxy groups -OCH3 is 1. The van der Waals surface area contributed by atoms with Crippen LogP contribution in [0.4, 0.5) is 0 Å². The Kier molecular flexibility index (Phi) is 6.46. The first-order valence-corrected chi connectivity index (χ1v) is 8.56. The zero-order chi connectivity index (χ0) is 15.8. The Morgan fingerprint density at radius 1 is 1.27 bits per heavy atom. The largest absolute Gasteiger partial charge is 0.497 e. The van der Waals surface area contributed by atoms with Gasteiger partial charge in [-0.15, -0.1) is 11.3 Å². The second kappa shape index (κ2) is 8.59. The smallest absolute Gasteiger partial charge is 0.227 e. The number of benzene rings is 1. The number of hydrogen-bond donors (Lipinski definition) is 1. The first kappa shape index (κ1) is 16.6. The summed E-state index contributed by atoms with van der Waals surface area (Å²) in [6, 6.07) is 11.9. The molecule has 1 unspecified atom stereocenters. The van der Waals surface area contributed by atoms with Crippen molar-refractivity contribution in [1.29, 1.82) is 0 Å². The number of rotatable bonds is 8. The molecule has 0 bridgehead atoms. The summed E-state index contributed by atoms with van der Waals surface area (Å²) in [6.45, 7) is 2.87. The van der Waals surface area contributed by atoms with E-state index in [4.69, 9.17) is 4.74 Å². The van der Waals surface area contributed by atoms with Crippen LogP contribution in [0, 0.1) is 0 Å². The van der Waals surface area contributed by atoms with E-state index in [2.05, 4.69) is 23.7 Å². The van der Waals surface area contributed by atoms with E-state index in [1.807, 2.05) is 30.3 Å². The van der Waals surface area contributed by atoms with E-state index in [1.165, 1.54) is 4.88 Å². The molecule has 1 aromatic carbocycles. The van der Waals surface area contributed by atoms with E-state index in [0.29, 0.717) is 0 Å². The van der Waals surface area contributed by atoms with Crippen molar-refractivity contribution < 1.29 is 9.53 Å². The van der Waals surface area contributed by atoms with Gasteiger partial charge in [-0.25, -0.2) is 0 Å². The number of carbonyl (C=O) groups is 1. The molecule has 1 N–H and O–H groups in total. The molecule has 2 rings (SSSR count). The second-order valence-electron chi connectivity index (χ2n) is 5.25. The fourth-order valence-electron chi connectivity index (χ4n) is 2.34. The summed E-state index contributed by atoms with van der Waals surface area (Å²) in [4.78, 5) is 13.8. The van der Waals surface area contributed by atoms with Gasteiger partial charge in [-0.2, -0.15) is 0 Å². The number of unbranched alkanes of at least 4 members (excludes halogenated alkanes) is 1. The average Bonchev–Trinajstić information content (AvgIpc) is 3.06. The molecule has 0 saturated carbocycles. The molecular weight excluding hydrogens is 294 g/mol. The summed E-state index contributed by atoms with van der Waals surface area (Å²) >= 11 is 1.69. The van der Waals surface area contributed by atoms with Crippen molar-refractivity contribution >= 4 is 17.2 Å². The SMILES string of the molecule is CCCCNC(=O)C(Cc1cccs1)c1ccc(OC)cc1. The molecule has 1 heterocycles. The number of nitrogens with one attached hydrogen (secondary N) is 1. The second-order valence-corrected chi connectivity index (χ2v) is 6.29. The summed E-state index contributed by atoms with van der Waals surface area (Å²) < 4.78 is 5.20. The minimum Gasteiger partial charge on any atom is -0.497 e. The Morgan fingerprint density at radius 3 is 2.64 bits per heavy atom.